The van der Waals surface area contributed by atoms with E-state index in [1.807, 2.05) is 19.9 Å². The van der Waals surface area contributed by atoms with E-state index in [1.54, 1.807) is 24.3 Å². The molecule has 2 N–H and O–H groups in total. The van der Waals surface area contributed by atoms with Crippen LogP contribution in [0.4, 0.5) is 15.6 Å². The Morgan fingerprint density at radius 3 is 2.77 bits per heavy atom. The molecule has 0 radical (unpaired) electrons. The molecule has 1 heterocycles. The van der Waals surface area contributed by atoms with E-state index in [4.69, 9.17) is 11.6 Å². The predicted octanol–water partition coefficient (Wildman–Crippen LogP) is 5.21. The molecule has 3 rings (SSSR count). The van der Waals surface area contributed by atoms with E-state index in [1.165, 1.54) is 11.3 Å². The van der Waals surface area contributed by atoms with E-state index < -0.39 is 0 Å². The van der Waals surface area contributed by atoms with Gasteiger partial charge in [0.2, 0.25) is 0 Å². The Kier molecular flexibility index (Phi) is 4.00. The zero-order valence-electron chi connectivity index (χ0n) is 12.1. The summed E-state index contributed by atoms with van der Waals surface area (Å²) in [4.78, 5) is 16.5. The molecule has 0 fully saturated rings. The largest absolute Gasteiger partial charge is 0.325 e. The van der Waals surface area contributed by atoms with Crippen molar-refractivity contribution >= 4 is 50.0 Å². The van der Waals surface area contributed by atoms with Crippen LogP contribution >= 0.6 is 22.9 Å². The van der Waals surface area contributed by atoms with Gasteiger partial charge in [0.05, 0.1) is 10.2 Å². The third kappa shape index (κ3) is 3.21. The number of benzene rings is 2. The van der Waals surface area contributed by atoms with Crippen LogP contribution in [0, 0.1) is 13.8 Å². The Hall–Kier alpha value is -2.11. The van der Waals surface area contributed by atoms with Gasteiger partial charge in [-0.2, -0.15) is 0 Å². The summed E-state index contributed by atoms with van der Waals surface area (Å²) in [5.74, 6) is 0. The second kappa shape index (κ2) is 5.94. The van der Waals surface area contributed by atoms with Crippen LogP contribution in [0.15, 0.2) is 36.4 Å². The average molecular weight is 332 g/mol. The molecule has 2 aromatic carbocycles. The highest BCUT2D eigenvalue weighted by Gasteiger charge is 2.10. The third-order valence-electron chi connectivity index (χ3n) is 3.12. The Balaban J connectivity index is 1.78. The van der Waals surface area contributed by atoms with Crippen LogP contribution in [0.1, 0.15) is 11.1 Å². The normalized spacial score (nSPS) is 10.7. The average Bonchev–Trinajstić information content (AvgIpc) is 2.81. The molecule has 0 atom stereocenters. The number of hydrogen-bond donors (Lipinski definition) is 2. The molecule has 0 saturated heterocycles. The Morgan fingerprint density at radius 2 is 2.00 bits per heavy atom. The van der Waals surface area contributed by atoms with Gasteiger partial charge < -0.3 is 5.32 Å². The van der Waals surface area contributed by atoms with Gasteiger partial charge in [-0.1, -0.05) is 35.1 Å². The van der Waals surface area contributed by atoms with Gasteiger partial charge in [0.25, 0.3) is 0 Å². The molecular formula is C16H14ClN3OS. The van der Waals surface area contributed by atoms with Crippen LogP contribution in [0.5, 0.6) is 0 Å². The molecule has 6 heteroatoms. The minimum absolute atomic E-state index is 0.337. The fourth-order valence-electron chi connectivity index (χ4n) is 2.26. The smallest absolute Gasteiger partial charge is 0.308 e. The summed E-state index contributed by atoms with van der Waals surface area (Å²) in [5.41, 5.74) is 3.86. The first-order chi connectivity index (χ1) is 10.5. The molecular weight excluding hydrogens is 318 g/mol. The van der Waals surface area contributed by atoms with E-state index in [0.717, 1.165) is 21.3 Å². The maximum atomic E-state index is 12.0. The first-order valence-corrected chi connectivity index (χ1v) is 7.92. The number of aromatic nitrogens is 1. The highest BCUT2D eigenvalue weighted by Crippen LogP contribution is 2.29. The van der Waals surface area contributed by atoms with Crippen molar-refractivity contribution in [3.8, 4) is 0 Å². The van der Waals surface area contributed by atoms with Crippen LogP contribution in [0.3, 0.4) is 0 Å². The van der Waals surface area contributed by atoms with E-state index in [-0.39, 0.29) is 6.03 Å². The molecule has 1 aromatic heterocycles. The summed E-state index contributed by atoms with van der Waals surface area (Å²) in [5, 5.41) is 6.64. The zero-order chi connectivity index (χ0) is 15.7. The Morgan fingerprint density at radius 1 is 1.18 bits per heavy atom. The number of amides is 2. The number of aryl methyl sites for hydroxylation is 2. The van der Waals surface area contributed by atoms with Crippen LogP contribution in [0.2, 0.25) is 5.02 Å². The van der Waals surface area contributed by atoms with Gasteiger partial charge in [-0.05, 0) is 49.2 Å². The number of carbonyl (C=O) groups excluding carboxylic acids is 1. The van der Waals surface area contributed by atoms with E-state index in [9.17, 15) is 4.79 Å². The van der Waals surface area contributed by atoms with Gasteiger partial charge in [-0.3, -0.25) is 5.32 Å². The SMILES string of the molecule is Cc1cc(C)c2sc(NC(=O)Nc3cccc(Cl)c3)nc2c1. The number of fused-ring (bicyclic) bond motifs is 1. The van der Waals surface area contributed by atoms with Crippen LogP contribution in [-0.2, 0) is 0 Å². The number of nitrogens with zero attached hydrogens (tertiary/aromatic N) is 1. The second-order valence-electron chi connectivity index (χ2n) is 5.04. The fourth-order valence-corrected chi connectivity index (χ4v) is 3.36. The number of rotatable bonds is 2. The first-order valence-electron chi connectivity index (χ1n) is 6.72. The number of anilines is 2. The van der Waals surface area contributed by atoms with Gasteiger partial charge in [-0.25, -0.2) is 9.78 Å². The summed E-state index contributed by atoms with van der Waals surface area (Å²) >= 11 is 7.36. The summed E-state index contributed by atoms with van der Waals surface area (Å²) in [6.45, 7) is 4.08. The van der Waals surface area contributed by atoms with E-state index in [2.05, 4.69) is 21.7 Å². The lowest BCUT2D eigenvalue weighted by Crippen LogP contribution is -2.19. The second-order valence-corrected chi connectivity index (χ2v) is 6.47. The number of carbonyl (C=O) groups is 1. The maximum Gasteiger partial charge on any atom is 0.325 e. The van der Waals surface area contributed by atoms with Crippen molar-refractivity contribution < 1.29 is 4.79 Å². The fraction of sp³-hybridized carbons (Fsp3) is 0.125. The lowest BCUT2D eigenvalue weighted by Gasteiger charge is -2.05. The minimum Gasteiger partial charge on any atom is -0.308 e. The van der Waals surface area contributed by atoms with Gasteiger partial charge in [-0.15, -0.1) is 0 Å². The highest BCUT2D eigenvalue weighted by atomic mass is 35.5. The molecule has 22 heavy (non-hydrogen) atoms. The summed E-state index contributed by atoms with van der Waals surface area (Å²) in [6, 6.07) is 10.8. The standard InChI is InChI=1S/C16H14ClN3OS/c1-9-6-10(2)14-13(7-9)19-16(22-14)20-15(21)18-12-5-3-4-11(17)8-12/h3-8H,1-2H3,(H2,18,19,20,21). The maximum absolute atomic E-state index is 12.0. The molecule has 0 aliphatic carbocycles. The molecule has 4 nitrogen and oxygen atoms in total. The summed E-state index contributed by atoms with van der Waals surface area (Å²) < 4.78 is 1.09. The summed E-state index contributed by atoms with van der Waals surface area (Å²) in [7, 11) is 0. The van der Waals surface area contributed by atoms with Crippen molar-refractivity contribution in [3.05, 3.63) is 52.5 Å². The lowest BCUT2D eigenvalue weighted by atomic mass is 10.1. The number of urea groups is 1. The molecule has 0 aliphatic rings. The Bertz CT molecular complexity index is 860. The van der Waals surface area contributed by atoms with Crippen LogP contribution < -0.4 is 10.6 Å². The molecule has 0 unspecified atom stereocenters. The van der Waals surface area contributed by atoms with Gasteiger partial charge in [0, 0.05) is 10.7 Å². The molecule has 0 aliphatic heterocycles. The monoisotopic (exact) mass is 331 g/mol. The quantitative estimate of drug-likeness (QED) is 0.677. The van der Waals surface area contributed by atoms with Gasteiger partial charge in [0.1, 0.15) is 0 Å². The predicted molar refractivity (Wildman–Crippen MR) is 93.2 cm³/mol. The number of halogens is 1. The van der Waals surface area contributed by atoms with Crippen molar-refractivity contribution in [2.45, 2.75) is 13.8 Å². The van der Waals surface area contributed by atoms with E-state index >= 15 is 0 Å². The van der Waals surface area contributed by atoms with Crippen LogP contribution in [0.25, 0.3) is 10.2 Å². The van der Waals surface area contributed by atoms with Crippen molar-refractivity contribution in [2.75, 3.05) is 10.6 Å². The number of nitrogens with one attached hydrogen (secondary N) is 2. The molecule has 0 bridgehead atoms. The van der Waals surface area contributed by atoms with Crippen LogP contribution in [-0.4, -0.2) is 11.0 Å². The van der Waals surface area contributed by atoms with E-state index in [0.29, 0.717) is 15.8 Å². The van der Waals surface area contributed by atoms with Crippen molar-refractivity contribution in [1.29, 1.82) is 0 Å². The third-order valence-corrected chi connectivity index (χ3v) is 4.48. The molecule has 0 spiro atoms. The lowest BCUT2D eigenvalue weighted by molar-refractivity contribution is 0.262. The molecule has 0 saturated carbocycles. The minimum atomic E-state index is -0.337. The number of thiazole rings is 1. The summed E-state index contributed by atoms with van der Waals surface area (Å²) in [6.07, 6.45) is 0. The first kappa shape index (κ1) is 14.8. The molecule has 3 aromatic rings. The topological polar surface area (TPSA) is 54.0 Å². The van der Waals surface area contributed by atoms with Crippen molar-refractivity contribution in [2.24, 2.45) is 0 Å². The van der Waals surface area contributed by atoms with Gasteiger partial charge in [0.15, 0.2) is 5.13 Å². The molecule has 112 valence electrons. The molecule has 2 amide bonds. The Labute approximate surface area is 137 Å². The van der Waals surface area contributed by atoms with Gasteiger partial charge >= 0.3 is 6.03 Å². The number of hydrogen-bond acceptors (Lipinski definition) is 3. The highest BCUT2D eigenvalue weighted by molar-refractivity contribution is 7.22. The van der Waals surface area contributed by atoms with Crippen molar-refractivity contribution in [1.82, 2.24) is 4.98 Å². The van der Waals surface area contributed by atoms with Crippen molar-refractivity contribution in [3.63, 3.8) is 0 Å². The zero-order valence-corrected chi connectivity index (χ0v) is 13.7.